The molecule has 5 nitrogen and oxygen atoms in total. The third-order valence-corrected chi connectivity index (χ3v) is 3.29. The first kappa shape index (κ1) is 16.6. The first-order chi connectivity index (χ1) is 11.0. The highest BCUT2D eigenvalue weighted by Gasteiger charge is 2.08. The summed E-state index contributed by atoms with van der Waals surface area (Å²) in [6.45, 7) is 1.71. The summed E-state index contributed by atoms with van der Waals surface area (Å²) in [7, 11) is 3.07. The number of aryl methyl sites for hydroxylation is 1. The normalized spacial score (nSPS) is 10.1. The van der Waals surface area contributed by atoms with Crippen LogP contribution in [0.5, 0.6) is 11.5 Å². The van der Waals surface area contributed by atoms with Crippen molar-refractivity contribution in [3.8, 4) is 11.5 Å². The molecule has 0 heterocycles. The van der Waals surface area contributed by atoms with Crippen molar-refractivity contribution in [2.45, 2.75) is 6.92 Å². The fourth-order valence-corrected chi connectivity index (χ4v) is 2.00. The van der Waals surface area contributed by atoms with Crippen molar-refractivity contribution in [2.75, 3.05) is 31.4 Å². The Kier molecular flexibility index (Phi) is 5.41. The maximum atomic E-state index is 13.4. The number of hydrogen-bond acceptors (Lipinski definition) is 4. The molecule has 0 aliphatic rings. The lowest BCUT2D eigenvalue weighted by Crippen LogP contribution is -2.21. The molecule has 2 N–H and O–H groups in total. The number of nitrogens with one attached hydrogen (secondary N) is 2. The molecule has 0 aliphatic heterocycles. The SMILES string of the molecule is COc1ccc(NC(=O)CNc2ccc(C)c(F)c2)cc1OC. The van der Waals surface area contributed by atoms with E-state index in [0.717, 1.165) is 0 Å². The molecule has 2 aromatic rings. The van der Waals surface area contributed by atoms with Crippen LogP contribution in [0, 0.1) is 12.7 Å². The molecule has 6 heteroatoms. The highest BCUT2D eigenvalue weighted by molar-refractivity contribution is 5.94. The van der Waals surface area contributed by atoms with E-state index < -0.39 is 0 Å². The maximum absolute atomic E-state index is 13.4. The standard InChI is InChI=1S/C17H19FN2O3/c1-11-4-5-12(8-14(11)18)19-10-17(21)20-13-6-7-15(22-2)16(9-13)23-3/h4-9,19H,10H2,1-3H3,(H,20,21). The number of carbonyl (C=O) groups excluding carboxylic acids is 1. The first-order valence-corrected chi connectivity index (χ1v) is 7.05. The molecule has 0 aromatic heterocycles. The third-order valence-electron chi connectivity index (χ3n) is 3.29. The van der Waals surface area contributed by atoms with Gasteiger partial charge in [-0.1, -0.05) is 6.07 Å². The van der Waals surface area contributed by atoms with Gasteiger partial charge in [-0.3, -0.25) is 4.79 Å². The fraction of sp³-hybridized carbons (Fsp3) is 0.235. The molecular weight excluding hydrogens is 299 g/mol. The summed E-state index contributed by atoms with van der Waals surface area (Å²) < 4.78 is 23.8. The predicted octanol–water partition coefficient (Wildman–Crippen LogP) is 3.20. The number of halogens is 1. The Morgan fingerprint density at radius 3 is 2.39 bits per heavy atom. The lowest BCUT2D eigenvalue weighted by Gasteiger charge is -2.11. The van der Waals surface area contributed by atoms with Gasteiger partial charge < -0.3 is 20.1 Å². The van der Waals surface area contributed by atoms with Crippen LogP contribution in [0.1, 0.15) is 5.56 Å². The van der Waals surface area contributed by atoms with E-state index in [-0.39, 0.29) is 18.3 Å². The fourth-order valence-electron chi connectivity index (χ4n) is 2.00. The van der Waals surface area contributed by atoms with E-state index in [2.05, 4.69) is 10.6 Å². The van der Waals surface area contributed by atoms with E-state index in [1.807, 2.05) is 0 Å². The molecule has 0 bridgehead atoms. The summed E-state index contributed by atoms with van der Waals surface area (Å²) >= 11 is 0. The Hall–Kier alpha value is -2.76. The largest absolute Gasteiger partial charge is 0.493 e. The smallest absolute Gasteiger partial charge is 0.243 e. The molecule has 0 aliphatic carbocycles. The summed E-state index contributed by atoms with van der Waals surface area (Å²) in [4.78, 5) is 12.0. The van der Waals surface area contributed by atoms with Gasteiger partial charge >= 0.3 is 0 Å². The molecule has 2 aromatic carbocycles. The quantitative estimate of drug-likeness (QED) is 0.859. The minimum atomic E-state index is -0.310. The molecule has 23 heavy (non-hydrogen) atoms. The van der Waals surface area contributed by atoms with Gasteiger partial charge in [0.25, 0.3) is 0 Å². The van der Waals surface area contributed by atoms with Gasteiger partial charge in [0.15, 0.2) is 11.5 Å². The topological polar surface area (TPSA) is 59.6 Å². The van der Waals surface area contributed by atoms with E-state index in [1.165, 1.54) is 13.2 Å². The number of benzene rings is 2. The summed E-state index contributed by atoms with van der Waals surface area (Å²) in [6, 6.07) is 9.83. The zero-order valence-corrected chi connectivity index (χ0v) is 13.3. The number of ether oxygens (including phenoxy) is 2. The summed E-state index contributed by atoms with van der Waals surface area (Å²) in [5, 5.41) is 5.61. The number of hydrogen-bond donors (Lipinski definition) is 2. The Morgan fingerprint density at radius 1 is 1.04 bits per heavy atom. The maximum Gasteiger partial charge on any atom is 0.243 e. The second kappa shape index (κ2) is 7.49. The van der Waals surface area contributed by atoms with Crippen LogP contribution in [0.4, 0.5) is 15.8 Å². The highest BCUT2D eigenvalue weighted by atomic mass is 19.1. The van der Waals surface area contributed by atoms with Crippen LogP contribution in [0.3, 0.4) is 0 Å². The second-order valence-corrected chi connectivity index (χ2v) is 4.94. The number of amides is 1. The predicted molar refractivity (Wildman–Crippen MR) is 87.8 cm³/mol. The molecule has 0 saturated carbocycles. The van der Waals surface area contributed by atoms with Gasteiger partial charge in [0.2, 0.25) is 5.91 Å². The summed E-state index contributed by atoms with van der Waals surface area (Å²) in [5.74, 6) is 0.547. The van der Waals surface area contributed by atoms with Crippen molar-refractivity contribution >= 4 is 17.3 Å². The Bertz CT molecular complexity index is 704. The van der Waals surface area contributed by atoms with Crippen molar-refractivity contribution in [3.05, 3.63) is 47.8 Å². The minimum absolute atomic E-state index is 0.0246. The Morgan fingerprint density at radius 2 is 1.74 bits per heavy atom. The van der Waals surface area contributed by atoms with Gasteiger partial charge in [0, 0.05) is 17.4 Å². The van der Waals surface area contributed by atoms with Gasteiger partial charge in [-0.05, 0) is 36.8 Å². The van der Waals surface area contributed by atoms with Crippen molar-refractivity contribution in [3.63, 3.8) is 0 Å². The van der Waals surface area contributed by atoms with Crippen molar-refractivity contribution in [1.29, 1.82) is 0 Å². The van der Waals surface area contributed by atoms with Crippen LogP contribution in [0.2, 0.25) is 0 Å². The molecule has 0 atom stereocenters. The van der Waals surface area contributed by atoms with Crippen molar-refractivity contribution in [1.82, 2.24) is 0 Å². The van der Waals surface area contributed by atoms with Gasteiger partial charge in [0.05, 0.1) is 20.8 Å². The Labute approximate surface area is 134 Å². The molecular formula is C17H19FN2O3. The average molecular weight is 318 g/mol. The van der Waals surface area contributed by atoms with Gasteiger partial charge in [-0.15, -0.1) is 0 Å². The minimum Gasteiger partial charge on any atom is -0.493 e. The molecule has 0 spiro atoms. The number of methoxy groups -OCH3 is 2. The molecule has 0 saturated heterocycles. The Balaban J connectivity index is 1.95. The monoisotopic (exact) mass is 318 g/mol. The number of carbonyl (C=O) groups is 1. The van der Waals surface area contributed by atoms with Gasteiger partial charge in [-0.2, -0.15) is 0 Å². The van der Waals surface area contributed by atoms with Crippen LogP contribution >= 0.6 is 0 Å². The second-order valence-electron chi connectivity index (χ2n) is 4.94. The van der Waals surface area contributed by atoms with Crippen molar-refractivity contribution in [2.24, 2.45) is 0 Å². The zero-order chi connectivity index (χ0) is 16.8. The molecule has 0 radical (unpaired) electrons. The van der Waals surface area contributed by atoms with E-state index in [0.29, 0.717) is 28.4 Å². The van der Waals surface area contributed by atoms with E-state index in [4.69, 9.17) is 9.47 Å². The molecule has 0 fully saturated rings. The van der Waals surface area contributed by atoms with Gasteiger partial charge in [-0.25, -0.2) is 4.39 Å². The number of anilines is 2. The van der Waals surface area contributed by atoms with E-state index >= 15 is 0 Å². The molecule has 0 unspecified atom stereocenters. The summed E-state index contributed by atoms with van der Waals surface area (Å²) in [6.07, 6.45) is 0. The first-order valence-electron chi connectivity index (χ1n) is 7.05. The molecule has 2 rings (SSSR count). The summed E-state index contributed by atoms with van der Waals surface area (Å²) in [5.41, 5.74) is 1.70. The lowest BCUT2D eigenvalue weighted by molar-refractivity contribution is -0.114. The molecule has 1 amide bonds. The van der Waals surface area contributed by atoms with E-state index in [9.17, 15) is 9.18 Å². The number of rotatable bonds is 6. The third kappa shape index (κ3) is 4.35. The van der Waals surface area contributed by atoms with E-state index in [1.54, 1.807) is 44.4 Å². The van der Waals surface area contributed by atoms with Crippen LogP contribution in [-0.4, -0.2) is 26.7 Å². The van der Waals surface area contributed by atoms with Crippen molar-refractivity contribution < 1.29 is 18.7 Å². The zero-order valence-electron chi connectivity index (χ0n) is 13.3. The van der Waals surface area contributed by atoms with Crippen LogP contribution < -0.4 is 20.1 Å². The van der Waals surface area contributed by atoms with Crippen LogP contribution in [0.25, 0.3) is 0 Å². The van der Waals surface area contributed by atoms with Crippen LogP contribution in [-0.2, 0) is 4.79 Å². The average Bonchev–Trinajstić information content (AvgIpc) is 2.55. The van der Waals surface area contributed by atoms with Gasteiger partial charge in [0.1, 0.15) is 5.82 Å². The van der Waals surface area contributed by atoms with Crippen LogP contribution in [0.15, 0.2) is 36.4 Å². The lowest BCUT2D eigenvalue weighted by atomic mass is 10.2. The molecule has 122 valence electrons. The highest BCUT2D eigenvalue weighted by Crippen LogP contribution is 2.29.